The number of H-pyrrole nitrogens is 1. The number of nitrogens with one attached hydrogen (secondary N) is 1. The molecule has 124 valence electrons. The van der Waals surface area contributed by atoms with Gasteiger partial charge >= 0.3 is 0 Å². The van der Waals surface area contributed by atoms with Gasteiger partial charge in [-0.1, -0.05) is 29.3 Å². The standard InChI is InChI=1S/C16H13Cl2N3O2S/c17-10-2-1-3-12(6-10)24(22,23)21-5-4-15-14(9-21)13-7-11(18)8-19-16(13)20-15/h1-3,6-8H,4-5,9H2,(H,19,20). The summed E-state index contributed by atoms with van der Waals surface area (Å²) in [4.78, 5) is 7.72. The second kappa shape index (κ2) is 5.74. The fourth-order valence-corrected chi connectivity index (χ4v) is 4.89. The summed E-state index contributed by atoms with van der Waals surface area (Å²) in [5.74, 6) is 0. The van der Waals surface area contributed by atoms with Crippen LogP contribution in [0.15, 0.2) is 41.4 Å². The van der Waals surface area contributed by atoms with Crippen molar-refractivity contribution in [3.8, 4) is 0 Å². The molecule has 8 heteroatoms. The molecule has 4 rings (SSSR count). The van der Waals surface area contributed by atoms with Crippen molar-refractivity contribution in [1.29, 1.82) is 0 Å². The molecule has 0 bridgehead atoms. The van der Waals surface area contributed by atoms with E-state index < -0.39 is 10.0 Å². The Hall–Kier alpha value is -1.60. The minimum Gasteiger partial charge on any atom is -0.343 e. The van der Waals surface area contributed by atoms with Crippen molar-refractivity contribution in [3.63, 3.8) is 0 Å². The lowest BCUT2D eigenvalue weighted by atomic mass is 10.1. The second-order valence-electron chi connectivity index (χ2n) is 5.68. The highest BCUT2D eigenvalue weighted by molar-refractivity contribution is 7.89. The van der Waals surface area contributed by atoms with Crippen molar-refractivity contribution in [3.05, 3.63) is 57.8 Å². The summed E-state index contributed by atoms with van der Waals surface area (Å²) in [6.45, 7) is 0.689. The van der Waals surface area contributed by atoms with Gasteiger partial charge in [0.25, 0.3) is 0 Å². The van der Waals surface area contributed by atoms with E-state index in [2.05, 4.69) is 9.97 Å². The Balaban J connectivity index is 1.76. The van der Waals surface area contributed by atoms with Crippen LogP contribution in [0.4, 0.5) is 0 Å². The van der Waals surface area contributed by atoms with Crippen LogP contribution in [0.2, 0.25) is 10.0 Å². The molecule has 0 atom stereocenters. The molecule has 1 aliphatic heterocycles. The summed E-state index contributed by atoms with van der Waals surface area (Å²) >= 11 is 12.0. The summed E-state index contributed by atoms with van der Waals surface area (Å²) in [5.41, 5.74) is 2.67. The molecule has 1 N–H and O–H groups in total. The van der Waals surface area contributed by atoms with Gasteiger partial charge in [-0.25, -0.2) is 13.4 Å². The summed E-state index contributed by atoms with van der Waals surface area (Å²) in [6, 6.07) is 8.14. The fraction of sp³-hybridized carbons (Fsp3) is 0.188. The van der Waals surface area contributed by atoms with E-state index in [-0.39, 0.29) is 11.4 Å². The van der Waals surface area contributed by atoms with Crippen LogP contribution in [0.3, 0.4) is 0 Å². The van der Waals surface area contributed by atoms with Gasteiger partial charge in [-0.05, 0) is 29.8 Å². The maximum absolute atomic E-state index is 12.9. The number of pyridine rings is 1. The first-order valence-electron chi connectivity index (χ1n) is 7.36. The molecule has 0 spiro atoms. The SMILES string of the molecule is O=S(=O)(c1cccc(Cl)c1)N1CCc2[nH]c3ncc(Cl)cc3c2C1. The molecule has 3 heterocycles. The first-order valence-corrected chi connectivity index (χ1v) is 9.55. The summed E-state index contributed by atoms with van der Waals surface area (Å²) < 4.78 is 27.2. The van der Waals surface area contributed by atoms with Crippen LogP contribution in [0.5, 0.6) is 0 Å². The third-order valence-corrected chi connectivity index (χ3v) is 6.48. The minimum atomic E-state index is -3.60. The number of halogens is 2. The molecule has 0 unspecified atom stereocenters. The van der Waals surface area contributed by atoms with Gasteiger partial charge in [0.1, 0.15) is 5.65 Å². The first kappa shape index (κ1) is 15.9. The van der Waals surface area contributed by atoms with Gasteiger partial charge in [-0.3, -0.25) is 0 Å². The van der Waals surface area contributed by atoms with Gasteiger partial charge in [0.15, 0.2) is 0 Å². The van der Waals surface area contributed by atoms with E-state index in [0.717, 1.165) is 22.3 Å². The first-order chi connectivity index (χ1) is 11.4. The number of rotatable bonds is 2. The molecule has 0 fully saturated rings. The average molecular weight is 382 g/mol. The maximum atomic E-state index is 12.9. The molecule has 0 amide bonds. The third-order valence-electron chi connectivity index (χ3n) is 4.19. The largest absolute Gasteiger partial charge is 0.343 e. The second-order valence-corrected chi connectivity index (χ2v) is 8.49. The predicted octanol–water partition coefficient (Wildman–Crippen LogP) is 3.62. The van der Waals surface area contributed by atoms with Gasteiger partial charge in [-0.15, -0.1) is 0 Å². The zero-order chi connectivity index (χ0) is 16.9. The zero-order valence-electron chi connectivity index (χ0n) is 12.5. The van der Waals surface area contributed by atoms with Crippen LogP contribution >= 0.6 is 23.2 Å². The zero-order valence-corrected chi connectivity index (χ0v) is 14.8. The van der Waals surface area contributed by atoms with Crippen molar-refractivity contribution < 1.29 is 8.42 Å². The smallest absolute Gasteiger partial charge is 0.243 e. The number of nitrogens with zero attached hydrogens (tertiary/aromatic N) is 2. The monoisotopic (exact) mass is 381 g/mol. The van der Waals surface area contributed by atoms with E-state index in [9.17, 15) is 8.42 Å². The molecular formula is C16H13Cl2N3O2S. The van der Waals surface area contributed by atoms with E-state index in [4.69, 9.17) is 23.2 Å². The fourth-order valence-electron chi connectivity index (χ4n) is 3.02. The Morgan fingerprint density at radius 3 is 2.79 bits per heavy atom. The number of aromatic amines is 1. The van der Waals surface area contributed by atoms with Gasteiger partial charge in [0, 0.05) is 41.8 Å². The lowest BCUT2D eigenvalue weighted by molar-refractivity contribution is 0.391. The third kappa shape index (κ3) is 2.59. The highest BCUT2D eigenvalue weighted by atomic mass is 35.5. The average Bonchev–Trinajstić information content (AvgIpc) is 2.92. The molecule has 0 radical (unpaired) electrons. The summed E-state index contributed by atoms with van der Waals surface area (Å²) in [7, 11) is -3.60. The molecule has 1 aliphatic rings. The van der Waals surface area contributed by atoms with Crippen molar-refractivity contribution in [1.82, 2.24) is 14.3 Å². The Morgan fingerprint density at radius 2 is 2.00 bits per heavy atom. The Kier molecular flexibility index (Phi) is 3.80. The molecule has 0 aliphatic carbocycles. The number of benzene rings is 1. The van der Waals surface area contributed by atoms with Crippen LogP contribution in [0.25, 0.3) is 11.0 Å². The quantitative estimate of drug-likeness (QED) is 0.736. The molecule has 2 aromatic heterocycles. The Morgan fingerprint density at radius 1 is 1.17 bits per heavy atom. The molecular weight excluding hydrogens is 369 g/mol. The number of hydrogen-bond acceptors (Lipinski definition) is 3. The van der Waals surface area contributed by atoms with E-state index in [1.54, 1.807) is 24.4 Å². The topological polar surface area (TPSA) is 66.1 Å². The van der Waals surface area contributed by atoms with Gasteiger partial charge < -0.3 is 4.98 Å². The predicted molar refractivity (Wildman–Crippen MR) is 93.9 cm³/mol. The van der Waals surface area contributed by atoms with Crippen LogP contribution < -0.4 is 0 Å². The van der Waals surface area contributed by atoms with E-state index in [1.807, 2.05) is 6.07 Å². The Bertz CT molecular complexity index is 1050. The summed E-state index contributed by atoms with van der Waals surface area (Å²) in [5, 5.41) is 1.79. The highest BCUT2D eigenvalue weighted by Crippen LogP contribution is 2.31. The van der Waals surface area contributed by atoms with Crippen molar-refractivity contribution >= 4 is 44.3 Å². The Labute approximate surface area is 149 Å². The normalized spacial score (nSPS) is 15.6. The lowest BCUT2D eigenvalue weighted by Crippen LogP contribution is -2.35. The maximum Gasteiger partial charge on any atom is 0.243 e. The van der Waals surface area contributed by atoms with Crippen LogP contribution in [0.1, 0.15) is 11.3 Å². The number of hydrogen-bond donors (Lipinski definition) is 1. The van der Waals surface area contributed by atoms with Gasteiger partial charge in [0.2, 0.25) is 10.0 Å². The van der Waals surface area contributed by atoms with E-state index in [0.29, 0.717) is 23.0 Å². The van der Waals surface area contributed by atoms with Crippen molar-refractivity contribution in [2.75, 3.05) is 6.54 Å². The molecule has 0 saturated carbocycles. The molecule has 1 aromatic carbocycles. The van der Waals surface area contributed by atoms with E-state index in [1.165, 1.54) is 10.4 Å². The van der Waals surface area contributed by atoms with Crippen LogP contribution in [-0.4, -0.2) is 29.2 Å². The molecule has 3 aromatic rings. The molecule has 0 saturated heterocycles. The van der Waals surface area contributed by atoms with Gasteiger partial charge in [0.05, 0.1) is 9.92 Å². The molecule has 5 nitrogen and oxygen atoms in total. The minimum absolute atomic E-state index is 0.203. The van der Waals surface area contributed by atoms with Crippen molar-refractivity contribution in [2.24, 2.45) is 0 Å². The number of aromatic nitrogens is 2. The lowest BCUT2D eigenvalue weighted by Gasteiger charge is -2.26. The van der Waals surface area contributed by atoms with Gasteiger partial charge in [-0.2, -0.15) is 4.31 Å². The van der Waals surface area contributed by atoms with E-state index >= 15 is 0 Å². The summed E-state index contributed by atoms with van der Waals surface area (Å²) in [6.07, 6.45) is 2.18. The van der Waals surface area contributed by atoms with Crippen molar-refractivity contribution in [2.45, 2.75) is 17.9 Å². The van der Waals surface area contributed by atoms with Crippen LogP contribution in [0, 0.1) is 0 Å². The number of sulfonamides is 1. The van der Waals surface area contributed by atoms with Crippen LogP contribution in [-0.2, 0) is 23.0 Å². The molecule has 24 heavy (non-hydrogen) atoms. The highest BCUT2D eigenvalue weighted by Gasteiger charge is 2.30. The number of fused-ring (bicyclic) bond motifs is 3.